The Morgan fingerprint density at radius 1 is 1.13 bits per heavy atom. The maximum Gasteiger partial charge on any atom is 0.0937 e. The van der Waals surface area contributed by atoms with E-state index in [1.165, 1.54) is 43.2 Å². The summed E-state index contributed by atoms with van der Waals surface area (Å²) in [5.41, 5.74) is 3.09. The van der Waals surface area contributed by atoms with E-state index in [1.54, 1.807) is 7.11 Å². The third kappa shape index (κ3) is 7.24. The molecule has 130 valence electrons. The van der Waals surface area contributed by atoms with Crippen LogP contribution in [0.1, 0.15) is 77.3 Å². The molecule has 0 heterocycles. The molecular formula is C22H36O. The minimum Gasteiger partial charge on any atom is -0.501 e. The quantitative estimate of drug-likeness (QED) is 0.559. The van der Waals surface area contributed by atoms with Gasteiger partial charge in [-0.1, -0.05) is 91.1 Å². The van der Waals surface area contributed by atoms with Crippen molar-refractivity contribution in [2.45, 2.75) is 72.6 Å². The molecule has 0 saturated heterocycles. The largest absolute Gasteiger partial charge is 0.501 e. The number of hydrogen-bond acceptors (Lipinski definition) is 1. The van der Waals surface area contributed by atoms with Crippen LogP contribution in [0.2, 0.25) is 0 Å². The second kappa shape index (κ2) is 9.15. The summed E-state index contributed by atoms with van der Waals surface area (Å²) in [5, 5.41) is 0. The molecule has 0 radical (unpaired) electrons. The van der Waals surface area contributed by atoms with E-state index in [4.69, 9.17) is 4.74 Å². The molecule has 1 saturated carbocycles. The molecule has 0 atom stereocenters. The second-order valence-corrected chi connectivity index (χ2v) is 8.13. The predicted octanol–water partition coefficient (Wildman–Crippen LogP) is 6.74. The molecule has 0 bridgehead atoms. The Labute approximate surface area is 144 Å². The molecule has 0 N–H and O–H groups in total. The highest BCUT2D eigenvalue weighted by molar-refractivity contribution is 5.25. The van der Waals surface area contributed by atoms with Gasteiger partial charge in [-0.05, 0) is 29.4 Å². The van der Waals surface area contributed by atoms with Crippen LogP contribution in [-0.2, 0) is 11.2 Å². The van der Waals surface area contributed by atoms with E-state index in [0.29, 0.717) is 5.92 Å². The fourth-order valence-corrected chi connectivity index (χ4v) is 2.89. The first kappa shape index (κ1) is 19.8. The van der Waals surface area contributed by atoms with Crippen molar-refractivity contribution in [3.63, 3.8) is 0 Å². The molecular weight excluding hydrogens is 280 g/mol. The van der Waals surface area contributed by atoms with Gasteiger partial charge in [0.2, 0.25) is 0 Å². The molecule has 0 amide bonds. The topological polar surface area (TPSA) is 9.23 Å². The van der Waals surface area contributed by atoms with Crippen LogP contribution in [0.4, 0.5) is 0 Å². The molecule has 1 heteroatoms. The Morgan fingerprint density at radius 3 is 2.00 bits per heavy atom. The first-order valence-electron chi connectivity index (χ1n) is 9.06. The van der Waals surface area contributed by atoms with Crippen molar-refractivity contribution >= 4 is 0 Å². The summed E-state index contributed by atoms with van der Waals surface area (Å²) in [5.74, 6) is 2.46. The molecule has 1 aliphatic carbocycles. The van der Waals surface area contributed by atoms with E-state index in [0.717, 1.165) is 11.7 Å². The van der Waals surface area contributed by atoms with Crippen molar-refractivity contribution in [2.75, 3.05) is 7.11 Å². The van der Waals surface area contributed by atoms with Crippen molar-refractivity contribution in [2.24, 2.45) is 11.3 Å². The Bertz CT molecular complexity index is 456. The zero-order valence-corrected chi connectivity index (χ0v) is 16.1. The van der Waals surface area contributed by atoms with Crippen molar-refractivity contribution in [3.8, 4) is 0 Å². The van der Waals surface area contributed by atoms with Gasteiger partial charge in [0.05, 0.1) is 12.9 Å². The van der Waals surface area contributed by atoms with Gasteiger partial charge in [-0.3, -0.25) is 0 Å². The molecule has 1 aliphatic rings. The summed E-state index contributed by atoms with van der Waals surface area (Å²) in [6, 6.07) is 9.26. The van der Waals surface area contributed by atoms with Crippen LogP contribution >= 0.6 is 0 Å². The Hall–Kier alpha value is -1.24. The lowest BCUT2D eigenvalue weighted by atomic mass is 9.95. The van der Waals surface area contributed by atoms with E-state index in [2.05, 4.69) is 65.5 Å². The second-order valence-electron chi connectivity index (χ2n) is 8.13. The van der Waals surface area contributed by atoms with Crippen LogP contribution in [0.15, 0.2) is 36.6 Å². The lowest BCUT2D eigenvalue weighted by Crippen LogP contribution is -2.09. The molecule has 0 aromatic heterocycles. The smallest absolute Gasteiger partial charge is 0.0937 e. The SMILES string of the molecule is C=C(OC)C(C)(C)C.CC(C)c1ccc(CC2CCCC2)cc1. The fraction of sp³-hybridized carbons (Fsp3) is 0.636. The summed E-state index contributed by atoms with van der Waals surface area (Å²) in [6.07, 6.45) is 7.11. The van der Waals surface area contributed by atoms with E-state index in [-0.39, 0.29) is 5.41 Å². The van der Waals surface area contributed by atoms with Crippen LogP contribution in [0.25, 0.3) is 0 Å². The molecule has 1 aromatic rings. The van der Waals surface area contributed by atoms with Gasteiger partial charge < -0.3 is 4.74 Å². The molecule has 2 rings (SSSR count). The van der Waals surface area contributed by atoms with Gasteiger partial charge in [-0.25, -0.2) is 0 Å². The van der Waals surface area contributed by atoms with Crippen LogP contribution in [-0.4, -0.2) is 7.11 Å². The summed E-state index contributed by atoms with van der Waals surface area (Å²) in [7, 11) is 1.65. The Morgan fingerprint density at radius 2 is 1.65 bits per heavy atom. The van der Waals surface area contributed by atoms with Gasteiger partial charge in [-0.15, -0.1) is 0 Å². The number of benzene rings is 1. The van der Waals surface area contributed by atoms with Crippen LogP contribution in [0.5, 0.6) is 0 Å². The van der Waals surface area contributed by atoms with E-state index >= 15 is 0 Å². The molecule has 1 aromatic carbocycles. The molecule has 0 spiro atoms. The minimum absolute atomic E-state index is 0.0920. The zero-order valence-electron chi connectivity index (χ0n) is 16.1. The maximum absolute atomic E-state index is 4.92. The predicted molar refractivity (Wildman–Crippen MR) is 102 cm³/mol. The summed E-state index contributed by atoms with van der Waals surface area (Å²) >= 11 is 0. The van der Waals surface area contributed by atoms with Crippen LogP contribution in [0, 0.1) is 11.3 Å². The number of hydrogen-bond donors (Lipinski definition) is 0. The van der Waals surface area contributed by atoms with E-state index in [9.17, 15) is 0 Å². The summed E-state index contributed by atoms with van der Waals surface area (Å²) in [6.45, 7) is 14.4. The van der Waals surface area contributed by atoms with Gasteiger partial charge >= 0.3 is 0 Å². The van der Waals surface area contributed by atoms with Gasteiger partial charge in [0, 0.05) is 5.41 Å². The first-order valence-corrected chi connectivity index (χ1v) is 9.06. The number of ether oxygens (including phenoxy) is 1. The molecule has 0 unspecified atom stereocenters. The highest BCUT2D eigenvalue weighted by Gasteiger charge is 2.15. The highest BCUT2D eigenvalue weighted by Crippen LogP contribution is 2.28. The van der Waals surface area contributed by atoms with Crippen molar-refractivity contribution in [1.82, 2.24) is 0 Å². The van der Waals surface area contributed by atoms with Crippen molar-refractivity contribution < 1.29 is 4.74 Å². The lowest BCUT2D eigenvalue weighted by Gasteiger charge is -2.19. The zero-order chi connectivity index (χ0) is 17.5. The average molecular weight is 317 g/mol. The van der Waals surface area contributed by atoms with Gasteiger partial charge in [0.25, 0.3) is 0 Å². The Balaban J connectivity index is 0.000000284. The van der Waals surface area contributed by atoms with Crippen molar-refractivity contribution in [1.29, 1.82) is 0 Å². The Kier molecular flexibility index (Phi) is 7.88. The summed E-state index contributed by atoms with van der Waals surface area (Å²) < 4.78 is 4.92. The molecule has 23 heavy (non-hydrogen) atoms. The molecule has 1 nitrogen and oxygen atoms in total. The van der Waals surface area contributed by atoms with Gasteiger partial charge in [0.1, 0.15) is 0 Å². The fourth-order valence-electron chi connectivity index (χ4n) is 2.89. The van der Waals surface area contributed by atoms with Gasteiger partial charge in [0.15, 0.2) is 0 Å². The molecule has 1 fully saturated rings. The number of methoxy groups -OCH3 is 1. The van der Waals surface area contributed by atoms with Gasteiger partial charge in [-0.2, -0.15) is 0 Å². The van der Waals surface area contributed by atoms with E-state index in [1.807, 2.05) is 0 Å². The van der Waals surface area contributed by atoms with Crippen LogP contribution < -0.4 is 0 Å². The monoisotopic (exact) mass is 316 g/mol. The highest BCUT2D eigenvalue weighted by atomic mass is 16.5. The maximum atomic E-state index is 4.92. The molecule has 0 aliphatic heterocycles. The van der Waals surface area contributed by atoms with E-state index < -0.39 is 0 Å². The normalized spacial score (nSPS) is 15.3. The number of allylic oxidation sites excluding steroid dienone is 1. The lowest BCUT2D eigenvalue weighted by molar-refractivity contribution is 0.208. The third-order valence-electron chi connectivity index (χ3n) is 4.73. The summed E-state index contributed by atoms with van der Waals surface area (Å²) in [4.78, 5) is 0. The third-order valence-corrected chi connectivity index (χ3v) is 4.73. The van der Waals surface area contributed by atoms with Crippen molar-refractivity contribution in [3.05, 3.63) is 47.7 Å². The number of rotatable bonds is 4. The minimum atomic E-state index is 0.0920. The standard InChI is InChI=1S/C15H22.C7H14O/c1-12(2)15-9-7-14(8-10-15)11-13-5-3-4-6-13;1-6(8-5)7(2,3)4/h7-10,12-13H,3-6,11H2,1-2H3;1H2,2-5H3. The van der Waals surface area contributed by atoms with Crippen LogP contribution in [0.3, 0.4) is 0 Å². The first-order chi connectivity index (χ1) is 10.7. The average Bonchev–Trinajstić information content (AvgIpc) is 2.99.